The molecule has 1 atom stereocenters. The van der Waals surface area contributed by atoms with Gasteiger partial charge >= 0.3 is 0 Å². The third-order valence-electron chi connectivity index (χ3n) is 6.00. The minimum atomic E-state index is -0.412. The Kier molecular flexibility index (Phi) is 6.15. The normalized spacial score (nSPS) is 15.3. The van der Waals surface area contributed by atoms with Crippen molar-refractivity contribution < 1.29 is 4.79 Å². The predicted molar refractivity (Wildman–Crippen MR) is 138 cm³/mol. The van der Waals surface area contributed by atoms with E-state index in [2.05, 4.69) is 28.6 Å². The quantitative estimate of drug-likeness (QED) is 0.231. The Hall–Kier alpha value is -3.52. The fourth-order valence-electron chi connectivity index (χ4n) is 4.32. The summed E-state index contributed by atoms with van der Waals surface area (Å²) in [5.74, 6) is 1.45. The summed E-state index contributed by atoms with van der Waals surface area (Å²) in [6.45, 7) is 6.11. The molecule has 1 amide bonds. The number of carbonyl (C=O) groups excluding carboxylic acids is 1. The average Bonchev–Trinajstić information content (AvgIpc) is 3.42. The maximum atomic E-state index is 13.7. The second-order valence-electron chi connectivity index (χ2n) is 8.54. The molecule has 2 aromatic heterocycles. The molecule has 8 heteroatoms. The topological polar surface area (TPSA) is 87.6 Å². The first-order chi connectivity index (χ1) is 16.5. The van der Waals surface area contributed by atoms with Crippen LogP contribution in [0.1, 0.15) is 43.9 Å². The van der Waals surface area contributed by atoms with Gasteiger partial charge in [0.25, 0.3) is 5.91 Å². The molecule has 0 saturated carbocycles. The molecule has 0 spiro atoms. The van der Waals surface area contributed by atoms with Gasteiger partial charge in [0, 0.05) is 39.8 Å². The number of fused-ring (bicyclic) bond motifs is 2. The standard InChI is InChI=1S/C26H28N6OS/c1-4-5-13-34-26-30-25-28-17(3)22(24(33)29-18-10-8-9-16(2)14-18)23(32(25)31-26)20-15-27-21-12-7-6-11-19(20)21/h6-12,14-15,23,27H,4-5,13H2,1-3H3,(H,29,33)(H,28,30,31). The minimum Gasteiger partial charge on any atom is -0.361 e. The maximum Gasteiger partial charge on any atom is 0.255 e. The van der Waals surface area contributed by atoms with Crippen molar-refractivity contribution in [1.82, 2.24) is 19.7 Å². The lowest BCUT2D eigenvalue weighted by molar-refractivity contribution is -0.113. The van der Waals surface area contributed by atoms with E-state index in [-0.39, 0.29) is 5.91 Å². The predicted octanol–water partition coefficient (Wildman–Crippen LogP) is 5.89. The monoisotopic (exact) mass is 472 g/mol. The number of unbranched alkanes of at least 4 members (excludes halogenated alkanes) is 1. The largest absolute Gasteiger partial charge is 0.361 e. The summed E-state index contributed by atoms with van der Waals surface area (Å²) in [5, 5.41) is 13.0. The zero-order valence-corrected chi connectivity index (χ0v) is 20.4. The number of anilines is 2. The number of amides is 1. The molecule has 1 aliphatic heterocycles. The molecule has 2 aromatic carbocycles. The Morgan fingerprint density at radius 2 is 2.03 bits per heavy atom. The van der Waals surface area contributed by atoms with Gasteiger partial charge in [-0.25, -0.2) is 4.68 Å². The molecule has 0 aliphatic carbocycles. The zero-order valence-electron chi connectivity index (χ0n) is 19.6. The Labute approximate surface area is 203 Å². The average molecular weight is 473 g/mol. The third kappa shape index (κ3) is 4.21. The van der Waals surface area contributed by atoms with Crippen LogP contribution in [0.5, 0.6) is 0 Å². The first-order valence-electron chi connectivity index (χ1n) is 11.6. The summed E-state index contributed by atoms with van der Waals surface area (Å²) in [5.41, 5.74) is 5.25. The molecule has 4 aromatic rings. The highest BCUT2D eigenvalue weighted by molar-refractivity contribution is 7.99. The highest BCUT2D eigenvalue weighted by Gasteiger charge is 2.35. The number of para-hydroxylation sites is 1. The highest BCUT2D eigenvalue weighted by Crippen LogP contribution is 2.39. The fraction of sp³-hybridized carbons (Fsp3) is 0.269. The summed E-state index contributed by atoms with van der Waals surface area (Å²) in [6, 6.07) is 15.5. The second-order valence-corrected chi connectivity index (χ2v) is 9.61. The first kappa shape index (κ1) is 22.3. The highest BCUT2D eigenvalue weighted by atomic mass is 32.2. The van der Waals surface area contributed by atoms with E-state index in [1.807, 2.05) is 67.2 Å². The van der Waals surface area contributed by atoms with Crippen molar-refractivity contribution in [1.29, 1.82) is 0 Å². The molecule has 0 fully saturated rings. The van der Waals surface area contributed by atoms with Gasteiger partial charge in [-0.3, -0.25) is 4.79 Å². The van der Waals surface area contributed by atoms with Crippen LogP contribution in [-0.2, 0) is 4.79 Å². The molecule has 3 heterocycles. The van der Waals surface area contributed by atoms with Gasteiger partial charge in [0.2, 0.25) is 11.1 Å². The van der Waals surface area contributed by atoms with Crippen molar-refractivity contribution in [3.05, 3.63) is 77.1 Å². The van der Waals surface area contributed by atoms with E-state index in [0.717, 1.165) is 52.0 Å². The van der Waals surface area contributed by atoms with Crippen molar-refractivity contribution in [3.63, 3.8) is 0 Å². The van der Waals surface area contributed by atoms with E-state index < -0.39 is 6.04 Å². The third-order valence-corrected chi connectivity index (χ3v) is 6.92. The number of aromatic amines is 1. The maximum absolute atomic E-state index is 13.7. The Morgan fingerprint density at radius 1 is 1.18 bits per heavy atom. The number of rotatable bonds is 7. The van der Waals surface area contributed by atoms with E-state index in [4.69, 9.17) is 10.1 Å². The van der Waals surface area contributed by atoms with E-state index >= 15 is 0 Å². The molecule has 7 nitrogen and oxygen atoms in total. The smallest absolute Gasteiger partial charge is 0.255 e. The van der Waals surface area contributed by atoms with Gasteiger partial charge in [-0.2, -0.15) is 4.98 Å². The van der Waals surface area contributed by atoms with Crippen molar-refractivity contribution in [3.8, 4) is 0 Å². The van der Waals surface area contributed by atoms with Gasteiger partial charge in [0.1, 0.15) is 6.04 Å². The summed E-state index contributed by atoms with van der Waals surface area (Å²) in [6.07, 6.45) is 4.21. The number of nitrogens with one attached hydrogen (secondary N) is 3. The van der Waals surface area contributed by atoms with E-state index in [1.165, 1.54) is 0 Å². The number of hydrogen-bond donors (Lipinski definition) is 3. The van der Waals surface area contributed by atoms with E-state index in [9.17, 15) is 4.79 Å². The number of hydrogen-bond acceptors (Lipinski definition) is 5. The van der Waals surface area contributed by atoms with Crippen LogP contribution in [0.2, 0.25) is 0 Å². The van der Waals surface area contributed by atoms with Crippen molar-refractivity contribution >= 4 is 40.2 Å². The SMILES string of the molecule is CCCCSc1nc2n(n1)C(c1c[nH]c3ccccc13)C(C(=O)Nc1cccc(C)c1)=C(C)N2. The van der Waals surface area contributed by atoms with Crippen molar-refractivity contribution in [2.24, 2.45) is 0 Å². The van der Waals surface area contributed by atoms with Crippen molar-refractivity contribution in [2.75, 3.05) is 16.4 Å². The number of aromatic nitrogens is 4. The van der Waals surface area contributed by atoms with Crippen molar-refractivity contribution in [2.45, 2.75) is 44.8 Å². The number of benzene rings is 2. The van der Waals surface area contributed by atoms with Crippen LogP contribution < -0.4 is 10.6 Å². The molecule has 3 N–H and O–H groups in total. The molecule has 34 heavy (non-hydrogen) atoms. The molecule has 1 aliphatic rings. The van der Waals surface area contributed by atoms with E-state index in [1.54, 1.807) is 11.8 Å². The minimum absolute atomic E-state index is 0.160. The van der Waals surface area contributed by atoms with Gasteiger partial charge in [-0.05, 0) is 44.0 Å². The summed E-state index contributed by atoms with van der Waals surface area (Å²) < 4.78 is 1.85. The van der Waals surface area contributed by atoms with Crippen LogP contribution in [0.15, 0.2) is 71.2 Å². The number of nitrogens with zero attached hydrogens (tertiary/aromatic N) is 3. The van der Waals surface area contributed by atoms with Crippen LogP contribution >= 0.6 is 11.8 Å². The number of aryl methyl sites for hydroxylation is 1. The molecule has 0 saturated heterocycles. The zero-order chi connectivity index (χ0) is 23.7. The van der Waals surface area contributed by atoms with Gasteiger partial charge in [0.05, 0.1) is 5.57 Å². The van der Waals surface area contributed by atoms with Gasteiger partial charge in [0.15, 0.2) is 0 Å². The molecule has 0 bridgehead atoms. The Bertz CT molecular complexity index is 1380. The fourth-order valence-corrected chi connectivity index (χ4v) is 5.24. The van der Waals surface area contributed by atoms with Crippen LogP contribution in [0.4, 0.5) is 11.6 Å². The summed E-state index contributed by atoms with van der Waals surface area (Å²) in [4.78, 5) is 21.8. The number of carbonyl (C=O) groups is 1. The molecule has 1 unspecified atom stereocenters. The number of thioether (sulfide) groups is 1. The lowest BCUT2D eigenvalue weighted by Crippen LogP contribution is -2.31. The van der Waals surface area contributed by atoms with Gasteiger partial charge in [-0.15, -0.1) is 5.10 Å². The first-order valence-corrected chi connectivity index (χ1v) is 12.5. The Morgan fingerprint density at radius 3 is 2.85 bits per heavy atom. The lowest BCUT2D eigenvalue weighted by atomic mass is 9.94. The summed E-state index contributed by atoms with van der Waals surface area (Å²) in [7, 11) is 0. The molecule has 0 radical (unpaired) electrons. The van der Waals surface area contributed by atoms with Crippen LogP contribution in [0, 0.1) is 6.92 Å². The van der Waals surface area contributed by atoms with Crippen LogP contribution in [-0.4, -0.2) is 31.4 Å². The van der Waals surface area contributed by atoms with Gasteiger partial charge < -0.3 is 15.6 Å². The second kappa shape index (κ2) is 9.38. The van der Waals surface area contributed by atoms with Gasteiger partial charge in [-0.1, -0.05) is 55.4 Å². The van der Waals surface area contributed by atoms with E-state index in [0.29, 0.717) is 16.7 Å². The summed E-state index contributed by atoms with van der Waals surface area (Å²) >= 11 is 1.65. The molecule has 5 rings (SSSR count). The number of allylic oxidation sites excluding steroid dienone is 1. The molecule has 174 valence electrons. The lowest BCUT2D eigenvalue weighted by Gasteiger charge is -2.28. The van der Waals surface area contributed by atoms with Crippen LogP contribution in [0.3, 0.4) is 0 Å². The number of H-pyrrole nitrogens is 1. The Balaban J connectivity index is 1.58. The van der Waals surface area contributed by atoms with Crippen LogP contribution in [0.25, 0.3) is 10.9 Å². The molecular weight excluding hydrogens is 444 g/mol. The molecular formula is C26H28N6OS.